The third kappa shape index (κ3) is 5.47. The molecule has 0 fully saturated rings. The van der Waals surface area contributed by atoms with Gasteiger partial charge < -0.3 is 10.2 Å². The van der Waals surface area contributed by atoms with Crippen molar-refractivity contribution in [1.82, 2.24) is 5.43 Å². The molecule has 0 saturated carbocycles. The fraction of sp³-hybridized carbons (Fsp3) is 0.167. The highest BCUT2D eigenvalue weighted by Crippen LogP contribution is 2.11. The Morgan fingerprint density at radius 2 is 1.78 bits per heavy atom. The monoisotopic (exact) mass is 312 g/mol. The Morgan fingerprint density at radius 3 is 2.39 bits per heavy atom. The normalized spacial score (nSPS) is 10.6. The van der Waals surface area contributed by atoms with E-state index >= 15 is 0 Å². The first-order valence-electron chi connectivity index (χ1n) is 7.28. The molecule has 0 heterocycles. The Bertz CT molecular complexity index is 660. The molecule has 2 rings (SSSR count). The molecule has 4 nitrogen and oxygen atoms in total. The van der Waals surface area contributed by atoms with Crippen molar-refractivity contribution in [3.8, 4) is 0 Å². The van der Waals surface area contributed by atoms with E-state index in [1.165, 1.54) is 12.1 Å². The molecule has 0 bridgehead atoms. The Labute approximate surface area is 136 Å². The number of rotatable bonds is 7. The molecule has 0 aromatic heterocycles. The molecule has 0 unspecified atom stereocenters. The summed E-state index contributed by atoms with van der Waals surface area (Å²) in [6, 6.07) is 14.2. The van der Waals surface area contributed by atoms with Crippen molar-refractivity contribution in [1.29, 1.82) is 0 Å². The van der Waals surface area contributed by atoms with E-state index in [4.69, 9.17) is 0 Å². The van der Waals surface area contributed by atoms with Crippen LogP contribution < -0.4 is 15.6 Å². The van der Waals surface area contributed by atoms with E-state index in [9.17, 15) is 4.39 Å². The van der Waals surface area contributed by atoms with Crippen molar-refractivity contribution in [2.75, 3.05) is 30.9 Å². The average molecular weight is 312 g/mol. The van der Waals surface area contributed by atoms with E-state index in [1.807, 2.05) is 43.3 Å². The van der Waals surface area contributed by atoms with Crippen molar-refractivity contribution >= 4 is 17.6 Å². The predicted molar refractivity (Wildman–Crippen MR) is 95.5 cm³/mol. The van der Waals surface area contributed by atoms with Gasteiger partial charge in [0, 0.05) is 31.2 Å². The van der Waals surface area contributed by atoms with Gasteiger partial charge in [-0.2, -0.15) is 5.10 Å². The zero-order valence-electron chi connectivity index (χ0n) is 13.4. The lowest BCUT2D eigenvalue weighted by molar-refractivity contribution is 0.628. The van der Waals surface area contributed by atoms with Gasteiger partial charge in [0.2, 0.25) is 0 Å². The van der Waals surface area contributed by atoms with Gasteiger partial charge in [0.15, 0.2) is 0 Å². The number of nitrogens with one attached hydrogen (secondary N) is 2. The van der Waals surface area contributed by atoms with Gasteiger partial charge in [0.1, 0.15) is 5.82 Å². The largest absolute Gasteiger partial charge is 0.379 e. The highest BCUT2D eigenvalue weighted by atomic mass is 19.1. The fourth-order valence-electron chi connectivity index (χ4n) is 1.87. The Morgan fingerprint density at radius 1 is 1.13 bits per heavy atom. The third-order valence-electron chi connectivity index (χ3n) is 3.20. The van der Waals surface area contributed by atoms with Crippen LogP contribution in [0.1, 0.15) is 5.56 Å². The Balaban J connectivity index is 1.78. The Kier molecular flexibility index (Phi) is 5.74. The van der Waals surface area contributed by atoms with E-state index in [1.54, 1.807) is 18.3 Å². The van der Waals surface area contributed by atoms with Crippen molar-refractivity contribution in [3.05, 3.63) is 72.2 Å². The SMILES string of the molecule is C=C(CNc1ccc(F)cc1)N/N=C/c1ccc(N(C)C)cc1. The molecule has 23 heavy (non-hydrogen) atoms. The molecule has 0 amide bonds. The smallest absolute Gasteiger partial charge is 0.123 e. The summed E-state index contributed by atoms with van der Waals surface area (Å²) in [5, 5.41) is 7.29. The second kappa shape index (κ2) is 7.98. The topological polar surface area (TPSA) is 39.7 Å². The van der Waals surface area contributed by atoms with Gasteiger partial charge in [-0.15, -0.1) is 0 Å². The number of hydrogen-bond donors (Lipinski definition) is 2. The molecule has 120 valence electrons. The van der Waals surface area contributed by atoms with E-state index in [0.29, 0.717) is 6.54 Å². The minimum atomic E-state index is -0.252. The van der Waals surface area contributed by atoms with Crippen LogP contribution in [-0.2, 0) is 0 Å². The van der Waals surface area contributed by atoms with Gasteiger partial charge in [0.25, 0.3) is 0 Å². The zero-order chi connectivity index (χ0) is 16.7. The highest BCUT2D eigenvalue weighted by Gasteiger charge is 1.96. The number of nitrogens with zero attached hydrogens (tertiary/aromatic N) is 2. The minimum Gasteiger partial charge on any atom is -0.379 e. The van der Waals surface area contributed by atoms with Crippen LogP contribution in [0.4, 0.5) is 15.8 Å². The van der Waals surface area contributed by atoms with E-state index in [2.05, 4.69) is 22.4 Å². The third-order valence-corrected chi connectivity index (χ3v) is 3.20. The lowest BCUT2D eigenvalue weighted by atomic mass is 10.2. The number of hydrazone groups is 1. The summed E-state index contributed by atoms with van der Waals surface area (Å²) < 4.78 is 12.8. The molecule has 0 spiro atoms. The second-order valence-corrected chi connectivity index (χ2v) is 5.32. The minimum absolute atomic E-state index is 0.252. The van der Waals surface area contributed by atoms with Crippen LogP contribution in [0.5, 0.6) is 0 Å². The first kappa shape index (κ1) is 16.5. The van der Waals surface area contributed by atoms with Crippen LogP contribution in [0, 0.1) is 5.82 Å². The van der Waals surface area contributed by atoms with Crippen LogP contribution >= 0.6 is 0 Å². The average Bonchev–Trinajstić information content (AvgIpc) is 2.55. The van der Waals surface area contributed by atoms with Gasteiger partial charge in [-0.1, -0.05) is 18.7 Å². The molecule has 0 aliphatic rings. The first-order chi connectivity index (χ1) is 11.0. The maximum Gasteiger partial charge on any atom is 0.123 e. The number of anilines is 2. The van der Waals surface area contributed by atoms with E-state index < -0.39 is 0 Å². The summed E-state index contributed by atoms with van der Waals surface area (Å²) in [5.41, 5.74) is 6.57. The second-order valence-electron chi connectivity index (χ2n) is 5.32. The van der Waals surface area contributed by atoms with Crippen LogP contribution in [0.25, 0.3) is 0 Å². The molecule has 2 N–H and O–H groups in total. The number of benzene rings is 2. The summed E-state index contributed by atoms with van der Waals surface area (Å²) in [6.07, 6.45) is 1.74. The molecular weight excluding hydrogens is 291 g/mol. The molecule has 0 aliphatic heterocycles. The van der Waals surface area contributed by atoms with Crippen LogP contribution in [0.2, 0.25) is 0 Å². The lowest BCUT2D eigenvalue weighted by Gasteiger charge is -2.11. The number of hydrogen-bond acceptors (Lipinski definition) is 4. The zero-order valence-corrected chi connectivity index (χ0v) is 13.4. The molecule has 2 aromatic carbocycles. The first-order valence-corrected chi connectivity index (χ1v) is 7.28. The quantitative estimate of drug-likeness (QED) is 0.608. The van der Waals surface area contributed by atoms with Crippen LogP contribution in [0.3, 0.4) is 0 Å². The van der Waals surface area contributed by atoms with Gasteiger partial charge in [-0.05, 0) is 42.0 Å². The van der Waals surface area contributed by atoms with E-state index in [0.717, 1.165) is 22.6 Å². The molecule has 5 heteroatoms. The summed E-state index contributed by atoms with van der Waals surface area (Å²) >= 11 is 0. The van der Waals surface area contributed by atoms with Crippen LogP contribution in [-0.4, -0.2) is 26.9 Å². The number of halogens is 1. The molecule has 0 aliphatic carbocycles. The van der Waals surface area contributed by atoms with Crippen molar-refractivity contribution in [2.24, 2.45) is 5.10 Å². The highest BCUT2D eigenvalue weighted by molar-refractivity contribution is 5.80. The summed E-state index contributed by atoms with van der Waals surface area (Å²) in [7, 11) is 4.01. The maximum absolute atomic E-state index is 12.8. The standard InChI is InChI=1S/C18H21FN4/c1-14(12-20-17-8-6-16(19)7-9-17)22-21-13-15-4-10-18(11-5-15)23(2)3/h4-11,13,20,22H,1,12H2,2-3H3/b21-13+. The van der Waals surface area contributed by atoms with E-state index in [-0.39, 0.29) is 5.82 Å². The summed E-state index contributed by atoms with van der Waals surface area (Å²) in [6.45, 7) is 4.39. The molecule has 0 saturated heterocycles. The van der Waals surface area contributed by atoms with Gasteiger partial charge in [-0.25, -0.2) is 4.39 Å². The molecule has 2 aromatic rings. The van der Waals surface area contributed by atoms with Crippen molar-refractivity contribution in [3.63, 3.8) is 0 Å². The fourth-order valence-corrected chi connectivity index (χ4v) is 1.87. The lowest BCUT2D eigenvalue weighted by Crippen LogP contribution is -2.14. The van der Waals surface area contributed by atoms with Gasteiger partial charge in [0.05, 0.1) is 12.8 Å². The van der Waals surface area contributed by atoms with Gasteiger partial charge >= 0.3 is 0 Å². The van der Waals surface area contributed by atoms with Crippen LogP contribution in [0.15, 0.2) is 65.9 Å². The maximum atomic E-state index is 12.8. The molecular formula is C18H21FN4. The predicted octanol–water partition coefficient (Wildman–Crippen LogP) is 3.44. The molecule has 0 radical (unpaired) electrons. The van der Waals surface area contributed by atoms with Crippen molar-refractivity contribution < 1.29 is 4.39 Å². The summed E-state index contributed by atoms with van der Waals surface area (Å²) in [4.78, 5) is 2.04. The van der Waals surface area contributed by atoms with Gasteiger partial charge in [-0.3, -0.25) is 5.43 Å². The Hall–Kier alpha value is -2.82. The van der Waals surface area contributed by atoms with Crippen molar-refractivity contribution in [2.45, 2.75) is 0 Å². The summed E-state index contributed by atoms with van der Waals surface area (Å²) in [5.74, 6) is -0.252. The molecule has 0 atom stereocenters.